The second-order valence-electron chi connectivity index (χ2n) is 4.69. The number of amides is 2. The van der Waals surface area contributed by atoms with Gasteiger partial charge in [0.2, 0.25) is 11.8 Å². The summed E-state index contributed by atoms with van der Waals surface area (Å²) in [6.07, 6.45) is 2.10. The van der Waals surface area contributed by atoms with Gasteiger partial charge in [0.1, 0.15) is 17.3 Å². The molecular weight excluding hydrogens is 278 g/mol. The average molecular weight is 298 g/mol. The molecule has 0 fully saturated rings. The zero-order chi connectivity index (χ0) is 15.8. The molecule has 0 spiro atoms. The summed E-state index contributed by atoms with van der Waals surface area (Å²) < 4.78 is 27.4. The zero-order valence-electron chi connectivity index (χ0n) is 12.3. The molecule has 2 amide bonds. The van der Waals surface area contributed by atoms with Crippen molar-refractivity contribution in [3.8, 4) is 0 Å². The smallest absolute Gasteiger partial charge is 0.224 e. The monoisotopic (exact) mass is 298 g/mol. The maximum absolute atomic E-state index is 13.7. The van der Waals surface area contributed by atoms with Crippen LogP contribution in [0.1, 0.15) is 33.1 Å². The van der Waals surface area contributed by atoms with Crippen molar-refractivity contribution >= 4 is 17.5 Å². The maximum atomic E-state index is 13.7. The van der Waals surface area contributed by atoms with Gasteiger partial charge in [0, 0.05) is 26.4 Å². The molecule has 1 rings (SSSR count). The number of nitrogens with one attached hydrogen (secondary N) is 1. The van der Waals surface area contributed by atoms with Crippen LogP contribution < -0.4 is 10.2 Å². The SMILES string of the molecule is CCCCC(=O)NCCN(C(C)=O)c1c(F)cccc1F. The summed E-state index contributed by atoms with van der Waals surface area (Å²) >= 11 is 0. The van der Waals surface area contributed by atoms with E-state index in [0.29, 0.717) is 6.42 Å². The van der Waals surface area contributed by atoms with Gasteiger partial charge in [-0.3, -0.25) is 9.59 Å². The van der Waals surface area contributed by atoms with Crippen LogP contribution in [0, 0.1) is 11.6 Å². The van der Waals surface area contributed by atoms with Crippen molar-refractivity contribution in [1.29, 1.82) is 0 Å². The first kappa shape index (κ1) is 17.1. The van der Waals surface area contributed by atoms with Crippen molar-refractivity contribution in [2.45, 2.75) is 33.1 Å². The summed E-state index contributed by atoms with van der Waals surface area (Å²) in [7, 11) is 0. The Hall–Kier alpha value is -1.98. The highest BCUT2D eigenvalue weighted by Gasteiger charge is 2.19. The normalized spacial score (nSPS) is 10.3. The molecule has 0 unspecified atom stereocenters. The first-order valence-electron chi connectivity index (χ1n) is 6.96. The number of nitrogens with zero attached hydrogens (tertiary/aromatic N) is 1. The second-order valence-corrected chi connectivity index (χ2v) is 4.69. The van der Waals surface area contributed by atoms with E-state index < -0.39 is 17.5 Å². The number of carbonyl (C=O) groups excluding carboxylic acids is 2. The Morgan fingerprint density at radius 2 is 1.86 bits per heavy atom. The molecular formula is C15H20F2N2O2. The highest BCUT2D eigenvalue weighted by molar-refractivity contribution is 5.91. The van der Waals surface area contributed by atoms with Crippen LogP contribution in [0.3, 0.4) is 0 Å². The molecule has 0 saturated carbocycles. The predicted octanol–water partition coefficient (Wildman–Crippen LogP) is 2.62. The molecule has 1 N–H and O–H groups in total. The van der Waals surface area contributed by atoms with Crippen molar-refractivity contribution in [2.24, 2.45) is 0 Å². The van der Waals surface area contributed by atoms with E-state index in [4.69, 9.17) is 0 Å². The van der Waals surface area contributed by atoms with Gasteiger partial charge in [-0.1, -0.05) is 19.4 Å². The number of anilines is 1. The van der Waals surface area contributed by atoms with Crippen LogP contribution in [-0.4, -0.2) is 24.9 Å². The number of para-hydroxylation sites is 1. The lowest BCUT2D eigenvalue weighted by Crippen LogP contribution is -2.38. The van der Waals surface area contributed by atoms with E-state index in [1.165, 1.54) is 13.0 Å². The molecule has 0 atom stereocenters. The first-order chi connectivity index (χ1) is 9.97. The Morgan fingerprint density at radius 3 is 2.38 bits per heavy atom. The van der Waals surface area contributed by atoms with E-state index in [1.54, 1.807) is 0 Å². The molecule has 0 aliphatic heterocycles. The van der Waals surface area contributed by atoms with Crippen LogP contribution >= 0.6 is 0 Å². The van der Waals surface area contributed by atoms with Crippen molar-refractivity contribution in [3.63, 3.8) is 0 Å². The molecule has 21 heavy (non-hydrogen) atoms. The van der Waals surface area contributed by atoms with E-state index >= 15 is 0 Å². The minimum atomic E-state index is -0.803. The number of unbranched alkanes of at least 4 members (excludes halogenated alkanes) is 1. The lowest BCUT2D eigenvalue weighted by Gasteiger charge is -2.22. The van der Waals surface area contributed by atoms with Crippen LogP contribution in [0.4, 0.5) is 14.5 Å². The van der Waals surface area contributed by atoms with E-state index in [1.807, 2.05) is 6.92 Å². The molecule has 0 bridgehead atoms. The molecule has 0 radical (unpaired) electrons. The number of carbonyl (C=O) groups is 2. The topological polar surface area (TPSA) is 49.4 Å². The van der Waals surface area contributed by atoms with Gasteiger partial charge < -0.3 is 10.2 Å². The standard InChI is InChI=1S/C15H20F2N2O2/c1-3-4-8-14(21)18-9-10-19(11(2)20)15-12(16)6-5-7-13(15)17/h5-7H,3-4,8-10H2,1-2H3,(H,18,21). The van der Waals surface area contributed by atoms with Gasteiger partial charge in [-0.25, -0.2) is 8.78 Å². The number of rotatable bonds is 7. The number of benzene rings is 1. The molecule has 1 aromatic rings. The Bertz CT molecular complexity index is 486. The van der Waals surface area contributed by atoms with Crippen molar-refractivity contribution in [1.82, 2.24) is 5.32 Å². The average Bonchev–Trinajstić information content (AvgIpc) is 2.42. The number of hydrogen-bond donors (Lipinski definition) is 1. The number of halogens is 2. The quantitative estimate of drug-likeness (QED) is 0.841. The van der Waals surface area contributed by atoms with Crippen LogP contribution in [0.5, 0.6) is 0 Å². The minimum absolute atomic E-state index is 0.0189. The lowest BCUT2D eigenvalue weighted by atomic mass is 10.2. The van der Waals surface area contributed by atoms with Gasteiger partial charge in [-0.15, -0.1) is 0 Å². The summed E-state index contributed by atoms with van der Waals surface area (Å²) in [5, 5.41) is 2.63. The second kappa shape index (κ2) is 8.34. The highest BCUT2D eigenvalue weighted by Crippen LogP contribution is 2.22. The molecule has 0 aliphatic carbocycles. The molecule has 6 heteroatoms. The third kappa shape index (κ3) is 5.13. The fourth-order valence-electron chi connectivity index (χ4n) is 1.91. The Kier molecular flexibility index (Phi) is 6.78. The lowest BCUT2D eigenvalue weighted by molar-refractivity contribution is -0.121. The van der Waals surface area contributed by atoms with Crippen molar-refractivity contribution in [2.75, 3.05) is 18.0 Å². The van der Waals surface area contributed by atoms with Crippen LogP contribution in [0.2, 0.25) is 0 Å². The van der Waals surface area contributed by atoms with E-state index in [0.717, 1.165) is 29.9 Å². The first-order valence-corrected chi connectivity index (χ1v) is 6.96. The van der Waals surface area contributed by atoms with Gasteiger partial charge in [-0.2, -0.15) is 0 Å². The molecule has 0 aromatic heterocycles. The molecule has 116 valence electrons. The van der Waals surface area contributed by atoms with Gasteiger partial charge in [0.05, 0.1) is 0 Å². The summed E-state index contributed by atoms with van der Waals surface area (Å²) in [4.78, 5) is 24.0. The van der Waals surface area contributed by atoms with Gasteiger partial charge in [0.15, 0.2) is 0 Å². The van der Waals surface area contributed by atoms with Gasteiger partial charge in [0.25, 0.3) is 0 Å². The molecule has 1 aromatic carbocycles. The fourth-order valence-corrected chi connectivity index (χ4v) is 1.91. The third-order valence-electron chi connectivity index (χ3n) is 3.00. The van der Waals surface area contributed by atoms with Gasteiger partial charge >= 0.3 is 0 Å². The van der Waals surface area contributed by atoms with Crippen molar-refractivity contribution in [3.05, 3.63) is 29.8 Å². The highest BCUT2D eigenvalue weighted by atomic mass is 19.1. The number of hydrogen-bond acceptors (Lipinski definition) is 2. The maximum Gasteiger partial charge on any atom is 0.224 e. The summed E-state index contributed by atoms with van der Waals surface area (Å²) in [6.45, 7) is 3.37. The van der Waals surface area contributed by atoms with Crippen molar-refractivity contribution < 1.29 is 18.4 Å². The van der Waals surface area contributed by atoms with Crippen LogP contribution in [0.25, 0.3) is 0 Å². The Balaban J connectivity index is 2.67. The van der Waals surface area contributed by atoms with Gasteiger partial charge in [-0.05, 0) is 18.6 Å². The summed E-state index contributed by atoms with van der Waals surface area (Å²) in [5.41, 5.74) is -0.382. The van der Waals surface area contributed by atoms with E-state index in [9.17, 15) is 18.4 Å². The summed E-state index contributed by atoms with van der Waals surface area (Å²) in [6, 6.07) is 3.42. The van der Waals surface area contributed by atoms with Crippen LogP contribution in [0.15, 0.2) is 18.2 Å². The Morgan fingerprint density at radius 1 is 1.24 bits per heavy atom. The minimum Gasteiger partial charge on any atom is -0.354 e. The summed E-state index contributed by atoms with van der Waals surface area (Å²) in [5.74, 6) is -2.22. The fraction of sp³-hybridized carbons (Fsp3) is 0.467. The van der Waals surface area contributed by atoms with E-state index in [2.05, 4.69) is 5.32 Å². The molecule has 0 heterocycles. The predicted molar refractivity (Wildman–Crippen MR) is 76.9 cm³/mol. The molecule has 4 nitrogen and oxygen atoms in total. The third-order valence-corrected chi connectivity index (χ3v) is 3.00. The zero-order valence-corrected chi connectivity index (χ0v) is 12.3. The molecule has 0 saturated heterocycles. The molecule has 0 aliphatic rings. The van der Waals surface area contributed by atoms with E-state index in [-0.39, 0.29) is 24.7 Å². The van der Waals surface area contributed by atoms with Crippen LogP contribution in [-0.2, 0) is 9.59 Å². The Labute approximate surface area is 123 Å². The largest absolute Gasteiger partial charge is 0.354 e.